The van der Waals surface area contributed by atoms with Crippen LogP contribution in [0.25, 0.3) is 0 Å². The predicted molar refractivity (Wildman–Crippen MR) is 75.8 cm³/mol. The minimum absolute atomic E-state index is 0.00554. The number of carbonyl (C=O) groups excluding carboxylic acids is 1. The van der Waals surface area contributed by atoms with E-state index in [2.05, 4.69) is 10.5 Å². The van der Waals surface area contributed by atoms with Crippen LogP contribution in [-0.2, 0) is 9.53 Å². The Bertz CT molecular complexity index is 542. The quantitative estimate of drug-likeness (QED) is 0.337. The van der Waals surface area contributed by atoms with Crippen molar-refractivity contribution in [3.8, 4) is 0 Å². The Labute approximate surface area is 117 Å². The van der Waals surface area contributed by atoms with E-state index in [1.54, 1.807) is 12.1 Å². The molecular formula is C14H19N3O3. The van der Waals surface area contributed by atoms with Crippen molar-refractivity contribution in [3.63, 3.8) is 0 Å². The van der Waals surface area contributed by atoms with Gasteiger partial charge in [-0.25, -0.2) is 0 Å². The second kappa shape index (κ2) is 5.92. The van der Waals surface area contributed by atoms with Crippen molar-refractivity contribution >= 4 is 17.4 Å². The first-order valence-electron chi connectivity index (χ1n) is 6.54. The molecule has 1 aliphatic rings. The normalized spacial score (nSPS) is 22.8. The van der Waals surface area contributed by atoms with E-state index < -0.39 is 6.10 Å². The summed E-state index contributed by atoms with van der Waals surface area (Å²) in [5.41, 5.74) is 7.64. The molecule has 6 nitrogen and oxygen atoms in total. The van der Waals surface area contributed by atoms with Gasteiger partial charge < -0.3 is 21.0 Å². The fourth-order valence-corrected chi connectivity index (χ4v) is 2.21. The topological polar surface area (TPSA) is 96.9 Å². The molecule has 108 valence electrons. The minimum Gasteiger partial charge on any atom is -0.409 e. The molecule has 6 heteroatoms. The van der Waals surface area contributed by atoms with Gasteiger partial charge >= 0.3 is 0 Å². The largest absolute Gasteiger partial charge is 0.409 e. The smallest absolute Gasteiger partial charge is 0.253 e. The summed E-state index contributed by atoms with van der Waals surface area (Å²) in [5.74, 6) is 0.0586. The van der Waals surface area contributed by atoms with E-state index in [0.29, 0.717) is 17.9 Å². The van der Waals surface area contributed by atoms with Crippen LogP contribution in [0.4, 0.5) is 5.69 Å². The second-order valence-electron chi connectivity index (χ2n) is 5.06. The molecular weight excluding hydrogens is 258 g/mol. The zero-order chi connectivity index (χ0) is 14.7. The highest BCUT2D eigenvalue weighted by Gasteiger charge is 2.31. The molecule has 2 rings (SSSR count). The maximum absolute atomic E-state index is 12.2. The summed E-state index contributed by atoms with van der Waals surface area (Å²) in [6, 6.07) is 5.22. The zero-order valence-corrected chi connectivity index (χ0v) is 11.6. The average Bonchev–Trinajstić information content (AvgIpc) is 2.86. The van der Waals surface area contributed by atoms with Crippen LogP contribution in [0.2, 0.25) is 0 Å². The molecule has 0 aliphatic carbocycles. The first kappa shape index (κ1) is 14.3. The summed E-state index contributed by atoms with van der Waals surface area (Å²) in [5, 5.41) is 14.5. The predicted octanol–water partition coefficient (Wildman–Crippen LogP) is 1.45. The fraction of sp³-hybridized carbons (Fsp3) is 0.429. The lowest BCUT2D eigenvalue weighted by molar-refractivity contribution is -0.126. The Kier molecular flexibility index (Phi) is 4.24. The van der Waals surface area contributed by atoms with Gasteiger partial charge in [0.05, 0.1) is 0 Å². The summed E-state index contributed by atoms with van der Waals surface area (Å²) in [7, 11) is 0. The van der Waals surface area contributed by atoms with Gasteiger partial charge in [-0.3, -0.25) is 4.79 Å². The number of oxime groups is 1. The average molecular weight is 277 g/mol. The number of anilines is 1. The lowest BCUT2D eigenvalue weighted by atomic mass is 10.0. The number of nitrogens with two attached hydrogens (primary N) is 1. The summed E-state index contributed by atoms with van der Waals surface area (Å²) in [4.78, 5) is 12.2. The number of hydrogen-bond acceptors (Lipinski definition) is 4. The van der Waals surface area contributed by atoms with Gasteiger partial charge in [0.1, 0.15) is 6.10 Å². The SMILES string of the molecule is Cc1ccc(/C(N)=N/O)cc1NC(=O)C1OCCC1C. The van der Waals surface area contributed by atoms with E-state index in [9.17, 15) is 4.79 Å². The Hall–Kier alpha value is -2.08. The van der Waals surface area contributed by atoms with Crippen molar-refractivity contribution in [2.24, 2.45) is 16.8 Å². The van der Waals surface area contributed by atoms with Crippen LogP contribution in [0.5, 0.6) is 0 Å². The van der Waals surface area contributed by atoms with Gasteiger partial charge in [0, 0.05) is 17.9 Å². The van der Waals surface area contributed by atoms with Crippen LogP contribution in [0.1, 0.15) is 24.5 Å². The zero-order valence-electron chi connectivity index (χ0n) is 11.6. The van der Waals surface area contributed by atoms with Gasteiger partial charge in [-0.2, -0.15) is 0 Å². The Morgan fingerprint density at radius 1 is 1.55 bits per heavy atom. The third-order valence-corrected chi connectivity index (χ3v) is 3.54. The lowest BCUT2D eigenvalue weighted by Crippen LogP contribution is -2.31. The van der Waals surface area contributed by atoms with E-state index in [1.807, 2.05) is 19.9 Å². The third-order valence-electron chi connectivity index (χ3n) is 3.54. The van der Waals surface area contributed by atoms with Crippen molar-refractivity contribution < 1.29 is 14.7 Å². The molecule has 1 aliphatic heterocycles. The molecule has 2 atom stereocenters. The molecule has 2 unspecified atom stereocenters. The summed E-state index contributed by atoms with van der Waals surface area (Å²) in [6.45, 7) is 4.49. The molecule has 1 heterocycles. The number of amides is 1. The minimum atomic E-state index is -0.415. The summed E-state index contributed by atoms with van der Waals surface area (Å²) < 4.78 is 5.44. The van der Waals surface area contributed by atoms with Crippen molar-refractivity contribution in [1.82, 2.24) is 0 Å². The first-order chi connectivity index (χ1) is 9.52. The molecule has 0 radical (unpaired) electrons. The van der Waals surface area contributed by atoms with Gasteiger partial charge in [0.15, 0.2) is 5.84 Å². The highest BCUT2D eigenvalue weighted by atomic mass is 16.5. The van der Waals surface area contributed by atoms with Crippen LogP contribution in [-0.4, -0.2) is 29.7 Å². The van der Waals surface area contributed by atoms with Crippen LogP contribution >= 0.6 is 0 Å². The molecule has 4 N–H and O–H groups in total. The fourth-order valence-electron chi connectivity index (χ4n) is 2.21. The molecule has 0 spiro atoms. The summed E-state index contributed by atoms with van der Waals surface area (Å²) in [6.07, 6.45) is 0.475. The molecule has 1 aromatic rings. The first-order valence-corrected chi connectivity index (χ1v) is 6.54. The molecule has 1 fully saturated rings. The van der Waals surface area contributed by atoms with E-state index in [0.717, 1.165) is 12.0 Å². The molecule has 20 heavy (non-hydrogen) atoms. The van der Waals surface area contributed by atoms with Crippen LogP contribution < -0.4 is 11.1 Å². The molecule has 1 aromatic carbocycles. The molecule has 0 saturated carbocycles. The van der Waals surface area contributed by atoms with Crippen LogP contribution in [0, 0.1) is 12.8 Å². The summed E-state index contributed by atoms with van der Waals surface area (Å²) >= 11 is 0. The number of hydrogen-bond donors (Lipinski definition) is 3. The number of nitrogens with zero attached hydrogens (tertiary/aromatic N) is 1. The van der Waals surface area contributed by atoms with Crippen molar-refractivity contribution in [2.45, 2.75) is 26.4 Å². The monoisotopic (exact) mass is 277 g/mol. The molecule has 1 amide bonds. The molecule has 1 saturated heterocycles. The van der Waals surface area contributed by atoms with E-state index in [-0.39, 0.29) is 17.7 Å². The van der Waals surface area contributed by atoms with E-state index in [4.69, 9.17) is 15.7 Å². The number of benzene rings is 1. The number of carbonyl (C=O) groups is 1. The Morgan fingerprint density at radius 3 is 2.90 bits per heavy atom. The van der Waals surface area contributed by atoms with Gasteiger partial charge in [-0.1, -0.05) is 24.2 Å². The maximum Gasteiger partial charge on any atom is 0.253 e. The molecule has 0 aromatic heterocycles. The van der Waals surface area contributed by atoms with Gasteiger partial charge in [-0.05, 0) is 30.9 Å². The van der Waals surface area contributed by atoms with Crippen LogP contribution in [0.3, 0.4) is 0 Å². The van der Waals surface area contributed by atoms with Gasteiger partial charge in [0.25, 0.3) is 5.91 Å². The number of nitrogens with one attached hydrogen (secondary N) is 1. The maximum atomic E-state index is 12.2. The van der Waals surface area contributed by atoms with Crippen molar-refractivity contribution in [3.05, 3.63) is 29.3 Å². The number of aryl methyl sites for hydroxylation is 1. The van der Waals surface area contributed by atoms with E-state index >= 15 is 0 Å². The van der Waals surface area contributed by atoms with Crippen molar-refractivity contribution in [2.75, 3.05) is 11.9 Å². The standard InChI is InChI=1S/C14H19N3O3/c1-8-3-4-10(13(15)17-19)7-11(8)16-14(18)12-9(2)5-6-20-12/h3-4,7,9,12,19H,5-6H2,1-2H3,(H2,15,17)(H,16,18). The van der Waals surface area contributed by atoms with Gasteiger partial charge in [-0.15, -0.1) is 0 Å². The third kappa shape index (κ3) is 2.91. The van der Waals surface area contributed by atoms with E-state index in [1.165, 1.54) is 0 Å². The Balaban J connectivity index is 2.18. The highest BCUT2D eigenvalue weighted by Crippen LogP contribution is 2.23. The van der Waals surface area contributed by atoms with Gasteiger partial charge in [0.2, 0.25) is 0 Å². The number of amidine groups is 1. The Morgan fingerprint density at radius 2 is 2.30 bits per heavy atom. The second-order valence-corrected chi connectivity index (χ2v) is 5.06. The van der Waals surface area contributed by atoms with Crippen molar-refractivity contribution in [1.29, 1.82) is 0 Å². The lowest BCUT2D eigenvalue weighted by Gasteiger charge is -2.16. The number of rotatable bonds is 3. The number of ether oxygens (including phenoxy) is 1. The molecule has 0 bridgehead atoms. The van der Waals surface area contributed by atoms with Crippen LogP contribution in [0.15, 0.2) is 23.4 Å². The highest BCUT2D eigenvalue weighted by molar-refractivity contribution is 6.00.